The average molecular weight is 208 g/mol. The van der Waals surface area contributed by atoms with Crippen LogP contribution in [0.1, 0.15) is 19.4 Å². The molecule has 15 heavy (non-hydrogen) atoms. The molecule has 0 aliphatic rings. The predicted molar refractivity (Wildman–Crippen MR) is 62.9 cm³/mol. The van der Waals surface area contributed by atoms with Crippen LogP contribution in [0.5, 0.6) is 5.75 Å². The monoisotopic (exact) mass is 208 g/mol. The third-order valence-corrected chi connectivity index (χ3v) is 2.24. The maximum atomic E-state index is 9.30. The van der Waals surface area contributed by atoms with Gasteiger partial charge in [-0.15, -0.1) is 0 Å². The Kier molecular flexibility index (Phi) is 4.59. The third kappa shape index (κ3) is 4.81. The number of nitrogens with one attached hydrogen (secondary N) is 1. The minimum atomic E-state index is 0.177. The molecule has 1 aromatic rings. The van der Waals surface area contributed by atoms with Gasteiger partial charge in [0.1, 0.15) is 5.75 Å². The number of benzene rings is 1. The molecule has 2 unspecified atom stereocenters. The zero-order chi connectivity index (χ0) is 11.3. The Labute approximate surface area is 91.3 Å². The SMILES string of the molecule is CC(N)CNC(C)Cc1cccc(O)c1. The van der Waals surface area contributed by atoms with Crippen LogP contribution in [-0.2, 0) is 6.42 Å². The Bertz CT molecular complexity index is 299. The van der Waals surface area contributed by atoms with Crippen molar-refractivity contribution >= 4 is 0 Å². The van der Waals surface area contributed by atoms with Gasteiger partial charge in [-0.3, -0.25) is 0 Å². The molecule has 3 heteroatoms. The van der Waals surface area contributed by atoms with Gasteiger partial charge < -0.3 is 16.2 Å². The minimum absolute atomic E-state index is 0.177. The molecule has 0 fully saturated rings. The van der Waals surface area contributed by atoms with Gasteiger partial charge in [0.2, 0.25) is 0 Å². The van der Waals surface area contributed by atoms with Crippen LogP contribution in [0.25, 0.3) is 0 Å². The second-order valence-electron chi connectivity index (χ2n) is 4.16. The molecule has 0 heterocycles. The van der Waals surface area contributed by atoms with E-state index >= 15 is 0 Å². The lowest BCUT2D eigenvalue weighted by Crippen LogP contribution is -2.37. The maximum Gasteiger partial charge on any atom is 0.115 e. The molecule has 0 aliphatic heterocycles. The molecule has 2 atom stereocenters. The van der Waals surface area contributed by atoms with Crippen LogP contribution in [-0.4, -0.2) is 23.7 Å². The summed E-state index contributed by atoms with van der Waals surface area (Å²) in [6.45, 7) is 4.92. The van der Waals surface area contributed by atoms with E-state index in [0.29, 0.717) is 11.8 Å². The van der Waals surface area contributed by atoms with E-state index in [1.54, 1.807) is 12.1 Å². The fourth-order valence-corrected chi connectivity index (χ4v) is 1.50. The second kappa shape index (κ2) is 5.73. The second-order valence-corrected chi connectivity index (χ2v) is 4.16. The highest BCUT2D eigenvalue weighted by molar-refractivity contribution is 5.27. The number of hydrogen-bond acceptors (Lipinski definition) is 3. The van der Waals surface area contributed by atoms with Crippen LogP contribution in [0.2, 0.25) is 0 Å². The van der Waals surface area contributed by atoms with E-state index in [0.717, 1.165) is 18.5 Å². The summed E-state index contributed by atoms with van der Waals surface area (Å²) in [6, 6.07) is 7.91. The third-order valence-electron chi connectivity index (χ3n) is 2.24. The largest absolute Gasteiger partial charge is 0.508 e. The van der Waals surface area contributed by atoms with Crippen molar-refractivity contribution in [1.82, 2.24) is 5.32 Å². The number of phenols is 1. The Morgan fingerprint density at radius 1 is 1.40 bits per heavy atom. The van der Waals surface area contributed by atoms with E-state index in [4.69, 9.17) is 5.73 Å². The summed E-state index contributed by atoms with van der Waals surface area (Å²) in [6.07, 6.45) is 0.904. The first-order valence-corrected chi connectivity index (χ1v) is 5.35. The van der Waals surface area contributed by atoms with Crippen molar-refractivity contribution in [1.29, 1.82) is 0 Å². The quantitative estimate of drug-likeness (QED) is 0.683. The average Bonchev–Trinajstić information content (AvgIpc) is 2.15. The lowest BCUT2D eigenvalue weighted by atomic mass is 10.1. The molecule has 0 aromatic heterocycles. The van der Waals surface area contributed by atoms with E-state index in [1.807, 2.05) is 19.1 Å². The van der Waals surface area contributed by atoms with E-state index in [2.05, 4.69) is 12.2 Å². The molecule has 84 valence electrons. The number of phenolic OH excluding ortho intramolecular Hbond substituents is 1. The molecule has 0 bridgehead atoms. The van der Waals surface area contributed by atoms with Crippen LogP contribution in [0.15, 0.2) is 24.3 Å². The van der Waals surface area contributed by atoms with Gasteiger partial charge in [0.15, 0.2) is 0 Å². The van der Waals surface area contributed by atoms with Crippen molar-refractivity contribution in [3.63, 3.8) is 0 Å². The van der Waals surface area contributed by atoms with Crippen LogP contribution < -0.4 is 11.1 Å². The normalized spacial score (nSPS) is 14.9. The summed E-state index contributed by atoms with van der Waals surface area (Å²) in [7, 11) is 0. The first-order valence-electron chi connectivity index (χ1n) is 5.35. The molecule has 0 amide bonds. The topological polar surface area (TPSA) is 58.3 Å². The molecule has 1 aromatic carbocycles. The zero-order valence-electron chi connectivity index (χ0n) is 9.40. The maximum absolute atomic E-state index is 9.30. The summed E-state index contributed by atoms with van der Waals surface area (Å²) in [5.41, 5.74) is 6.79. The zero-order valence-corrected chi connectivity index (χ0v) is 9.40. The molecule has 0 saturated carbocycles. The van der Waals surface area contributed by atoms with Crippen LogP contribution in [0.3, 0.4) is 0 Å². The molecule has 0 spiro atoms. The van der Waals surface area contributed by atoms with Gasteiger partial charge in [0.05, 0.1) is 0 Å². The van der Waals surface area contributed by atoms with Gasteiger partial charge >= 0.3 is 0 Å². The van der Waals surface area contributed by atoms with Crippen LogP contribution >= 0.6 is 0 Å². The highest BCUT2D eigenvalue weighted by Gasteiger charge is 2.04. The van der Waals surface area contributed by atoms with E-state index in [1.165, 1.54) is 0 Å². The molecule has 4 N–H and O–H groups in total. The van der Waals surface area contributed by atoms with Gasteiger partial charge in [-0.25, -0.2) is 0 Å². The molecule has 3 nitrogen and oxygen atoms in total. The summed E-state index contributed by atoms with van der Waals surface area (Å²) >= 11 is 0. The van der Waals surface area contributed by atoms with E-state index < -0.39 is 0 Å². The lowest BCUT2D eigenvalue weighted by molar-refractivity contribution is 0.472. The summed E-state index contributed by atoms with van der Waals surface area (Å²) in [5, 5.41) is 12.6. The summed E-state index contributed by atoms with van der Waals surface area (Å²) < 4.78 is 0. The van der Waals surface area contributed by atoms with Crippen molar-refractivity contribution in [2.24, 2.45) is 5.73 Å². The Balaban J connectivity index is 2.40. The first kappa shape index (κ1) is 12.0. The van der Waals surface area contributed by atoms with Crippen molar-refractivity contribution in [2.45, 2.75) is 32.4 Å². The number of rotatable bonds is 5. The van der Waals surface area contributed by atoms with Gasteiger partial charge in [-0.05, 0) is 38.0 Å². The fourth-order valence-electron chi connectivity index (χ4n) is 1.50. The Morgan fingerprint density at radius 2 is 2.13 bits per heavy atom. The van der Waals surface area contributed by atoms with Crippen molar-refractivity contribution in [3.05, 3.63) is 29.8 Å². The molecule has 0 saturated heterocycles. The Morgan fingerprint density at radius 3 is 2.73 bits per heavy atom. The standard InChI is InChI=1S/C12H20N2O/c1-9(13)8-14-10(2)6-11-4-3-5-12(15)7-11/h3-5,7,9-10,14-15H,6,8,13H2,1-2H3. The molecular weight excluding hydrogens is 188 g/mol. The predicted octanol–water partition coefficient (Wildman–Crippen LogP) is 1.26. The molecule has 1 rings (SSSR count). The lowest BCUT2D eigenvalue weighted by Gasteiger charge is -2.15. The van der Waals surface area contributed by atoms with Gasteiger partial charge in [-0.2, -0.15) is 0 Å². The van der Waals surface area contributed by atoms with Gasteiger partial charge in [0.25, 0.3) is 0 Å². The Hall–Kier alpha value is -1.06. The fraction of sp³-hybridized carbons (Fsp3) is 0.500. The molecular formula is C12H20N2O. The summed E-state index contributed by atoms with van der Waals surface area (Å²) in [5.74, 6) is 0.326. The number of nitrogens with two attached hydrogens (primary N) is 1. The van der Waals surface area contributed by atoms with Crippen molar-refractivity contribution in [2.75, 3.05) is 6.54 Å². The van der Waals surface area contributed by atoms with E-state index in [-0.39, 0.29) is 6.04 Å². The van der Waals surface area contributed by atoms with Gasteiger partial charge in [0, 0.05) is 18.6 Å². The smallest absolute Gasteiger partial charge is 0.115 e. The van der Waals surface area contributed by atoms with Crippen LogP contribution in [0.4, 0.5) is 0 Å². The van der Waals surface area contributed by atoms with Crippen molar-refractivity contribution < 1.29 is 5.11 Å². The molecule has 0 radical (unpaired) electrons. The highest BCUT2D eigenvalue weighted by atomic mass is 16.3. The van der Waals surface area contributed by atoms with Crippen molar-refractivity contribution in [3.8, 4) is 5.75 Å². The minimum Gasteiger partial charge on any atom is -0.508 e. The summed E-state index contributed by atoms with van der Waals surface area (Å²) in [4.78, 5) is 0. The number of aromatic hydroxyl groups is 1. The van der Waals surface area contributed by atoms with E-state index in [9.17, 15) is 5.11 Å². The van der Waals surface area contributed by atoms with Gasteiger partial charge in [-0.1, -0.05) is 12.1 Å². The molecule has 0 aliphatic carbocycles. The highest BCUT2D eigenvalue weighted by Crippen LogP contribution is 2.12. The first-order chi connectivity index (χ1) is 7.08. The number of hydrogen-bond donors (Lipinski definition) is 3. The van der Waals surface area contributed by atoms with Crippen LogP contribution in [0, 0.1) is 0 Å².